The van der Waals surface area contributed by atoms with E-state index in [-0.39, 0.29) is 6.54 Å². The molecule has 0 atom stereocenters. The molecule has 0 spiro atoms. The lowest BCUT2D eigenvalue weighted by Crippen LogP contribution is -2.10. The fraction of sp³-hybridized carbons (Fsp3) is 0.571. The van der Waals surface area contributed by atoms with Gasteiger partial charge in [-0.15, -0.1) is 0 Å². The summed E-state index contributed by atoms with van der Waals surface area (Å²) in [6.07, 6.45) is 1.69. The smallest absolute Gasteiger partial charge is 0.257 e. The van der Waals surface area contributed by atoms with E-state index in [0.717, 1.165) is 22.8 Å². The highest BCUT2D eigenvalue weighted by Gasteiger charge is 2.26. The van der Waals surface area contributed by atoms with Crippen LogP contribution in [0.3, 0.4) is 0 Å². The number of hydrogen-bond acceptors (Lipinski definition) is 3. The Morgan fingerprint density at radius 1 is 1.43 bits per heavy atom. The van der Waals surface area contributed by atoms with Gasteiger partial charge in [-0.3, -0.25) is 9.36 Å². The molecule has 1 fully saturated rings. The van der Waals surface area contributed by atoms with Crippen LogP contribution in [0.15, 0.2) is 12.3 Å². The van der Waals surface area contributed by atoms with E-state index in [1.165, 1.54) is 17.5 Å². The Morgan fingerprint density at radius 2 is 2.19 bits per heavy atom. The third-order valence-electron chi connectivity index (χ3n) is 3.87. The first-order valence-electron chi connectivity index (χ1n) is 7.12. The molecule has 114 valence electrons. The van der Waals surface area contributed by atoms with Gasteiger partial charge in [-0.1, -0.05) is 0 Å². The van der Waals surface area contributed by atoms with Gasteiger partial charge in [0.05, 0.1) is 11.9 Å². The average Bonchev–Trinajstić information content (AvgIpc) is 3.14. The Labute approximate surface area is 121 Å². The van der Waals surface area contributed by atoms with Crippen molar-refractivity contribution in [3.63, 3.8) is 0 Å². The zero-order chi connectivity index (χ0) is 15.0. The number of rotatable bonds is 6. The Morgan fingerprint density at radius 3 is 2.86 bits per heavy atom. The number of aromatic nitrogens is 4. The molecule has 0 aromatic carbocycles. The SMILES string of the molecule is Cc1c(CNc2cc(C3CC3)nn2C)cnn1CC(F)F. The predicted octanol–water partition coefficient (Wildman–Crippen LogP) is 2.68. The van der Waals surface area contributed by atoms with E-state index in [9.17, 15) is 8.78 Å². The summed E-state index contributed by atoms with van der Waals surface area (Å²) >= 11 is 0. The van der Waals surface area contributed by atoms with Gasteiger partial charge < -0.3 is 5.32 Å². The van der Waals surface area contributed by atoms with Crippen molar-refractivity contribution in [1.29, 1.82) is 0 Å². The van der Waals surface area contributed by atoms with Crippen molar-refractivity contribution in [2.75, 3.05) is 5.32 Å². The van der Waals surface area contributed by atoms with Crippen LogP contribution in [0.2, 0.25) is 0 Å². The standard InChI is InChI=1S/C14H19F2N5/c1-9-11(7-18-21(9)8-13(15)16)6-17-14-5-12(10-3-4-10)19-20(14)2/h5,7,10,13,17H,3-4,6,8H2,1-2H3. The molecule has 1 aliphatic carbocycles. The van der Waals surface area contributed by atoms with Crippen molar-refractivity contribution in [1.82, 2.24) is 19.6 Å². The molecule has 0 aliphatic heterocycles. The van der Waals surface area contributed by atoms with Gasteiger partial charge in [0.15, 0.2) is 0 Å². The summed E-state index contributed by atoms with van der Waals surface area (Å²) in [5.74, 6) is 1.56. The second-order valence-corrected chi connectivity index (χ2v) is 5.53. The highest BCUT2D eigenvalue weighted by atomic mass is 19.3. The van der Waals surface area contributed by atoms with Gasteiger partial charge in [0.2, 0.25) is 0 Å². The number of alkyl halides is 2. The molecule has 2 heterocycles. The summed E-state index contributed by atoms with van der Waals surface area (Å²) in [7, 11) is 1.90. The summed E-state index contributed by atoms with van der Waals surface area (Å²) < 4.78 is 28.0. The fourth-order valence-corrected chi connectivity index (χ4v) is 2.39. The highest BCUT2D eigenvalue weighted by molar-refractivity contribution is 5.40. The normalized spacial score (nSPS) is 14.9. The second-order valence-electron chi connectivity index (χ2n) is 5.53. The van der Waals surface area contributed by atoms with E-state index < -0.39 is 6.43 Å². The Balaban J connectivity index is 1.66. The minimum absolute atomic E-state index is 0.358. The highest BCUT2D eigenvalue weighted by Crippen LogP contribution is 2.39. The number of halogens is 2. The van der Waals surface area contributed by atoms with Gasteiger partial charge in [0.25, 0.3) is 6.43 Å². The van der Waals surface area contributed by atoms with E-state index in [1.54, 1.807) is 6.20 Å². The lowest BCUT2D eigenvalue weighted by atomic mass is 10.2. The number of aryl methyl sites for hydroxylation is 1. The Kier molecular flexibility index (Phi) is 3.65. The first kappa shape index (κ1) is 14.0. The van der Waals surface area contributed by atoms with Crippen molar-refractivity contribution < 1.29 is 8.78 Å². The number of nitrogens with zero attached hydrogens (tertiary/aromatic N) is 4. The van der Waals surface area contributed by atoms with Crippen molar-refractivity contribution >= 4 is 5.82 Å². The molecular formula is C14H19F2N5. The third kappa shape index (κ3) is 3.06. The molecule has 5 nitrogen and oxygen atoms in total. The number of nitrogens with one attached hydrogen (secondary N) is 1. The van der Waals surface area contributed by atoms with Crippen LogP contribution in [0.4, 0.5) is 14.6 Å². The fourth-order valence-electron chi connectivity index (χ4n) is 2.39. The summed E-state index contributed by atoms with van der Waals surface area (Å²) in [6, 6.07) is 2.07. The molecule has 0 amide bonds. The van der Waals surface area contributed by atoms with Gasteiger partial charge in [-0.05, 0) is 19.8 Å². The maximum Gasteiger partial charge on any atom is 0.257 e. The molecule has 3 rings (SSSR count). The Bertz CT molecular complexity index is 627. The quantitative estimate of drug-likeness (QED) is 0.891. The van der Waals surface area contributed by atoms with Gasteiger partial charge in [-0.2, -0.15) is 10.2 Å². The molecule has 1 N–H and O–H groups in total. The third-order valence-corrected chi connectivity index (χ3v) is 3.87. The largest absolute Gasteiger partial charge is 0.366 e. The van der Waals surface area contributed by atoms with Crippen molar-refractivity contribution in [3.05, 3.63) is 29.2 Å². The minimum Gasteiger partial charge on any atom is -0.366 e. The molecule has 0 unspecified atom stereocenters. The molecule has 0 bridgehead atoms. The average molecular weight is 295 g/mol. The first-order chi connectivity index (χ1) is 10.0. The van der Waals surface area contributed by atoms with Gasteiger partial charge >= 0.3 is 0 Å². The first-order valence-corrected chi connectivity index (χ1v) is 7.12. The van der Waals surface area contributed by atoms with Crippen LogP contribution in [0.5, 0.6) is 0 Å². The molecule has 7 heteroatoms. The molecular weight excluding hydrogens is 276 g/mol. The van der Waals surface area contributed by atoms with Crippen molar-refractivity contribution in [2.45, 2.75) is 45.2 Å². The molecule has 2 aromatic heterocycles. The molecule has 21 heavy (non-hydrogen) atoms. The van der Waals surface area contributed by atoms with Crippen LogP contribution in [-0.4, -0.2) is 26.0 Å². The lowest BCUT2D eigenvalue weighted by Gasteiger charge is -2.07. The molecule has 0 radical (unpaired) electrons. The van der Waals surface area contributed by atoms with Crippen LogP contribution in [0, 0.1) is 6.92 Å². The van der Waals surface area contributed by atoms with E-state index in [4.69, 9.17) is 0 Å². The number of anilines is 1. The monoisotopic (exact) mass is 295 g/mol. The maximum atomic E-state index is 12.4. The van der Waals surface area contributed by atoms with Crippen molar-refractivity contribution in [2.24, 2.45) is 7.05 Å². The molecule has 0 saturated heterocycles. The lowest BCUT2D eigenvalue weighted by molar-refractivity contribution is 0.121. The van der Waals surface area contributed by atoms with E-state index in [0.29, 0.717) is 12.5 Å². The van der Waals surface area contributed by atoms with Gasteiger partial charge in [-0.25, -0.2) is 8.78 Å². The zero-order valence-corrected chi connectivity index (χ0v) is 12.2. The summed E-state index contributed by atoms with van der Waals surface area (Å²) in [5, 5.41) is 11.8. The van der Waals surface area contributed by atoms with Crippen LogP contribution in [0.25, 0.3) is 0 Å². The van der Waals surface area contributed by atoms with E-state index >= 15 is 0 Å². The van der Waals surface area contributed by atoms with Crippen LogP contribution in [-0.2, 0) is 20.1 Å². The number of hydrogen-bond donors (Lipinski definition) is 1. The maximum absolute atomic E-state index is 12.4. The van der Waals surface area contributed by atoms with Gasteiger partial charge in [0.1, 0.15) is 12.4 Å². The van der Waals surface area contributed by atoms with E-state index in [1.807, 2.05) is 18.7 Å². The molecule has 1 saturated carbocycles. The Hall–Kier alpha value is -1.92. The zero-order valence-electron chi connectivity index (χ0n) is 12.2. The van der Waals surface area contributed by atoms with Crippen LogP contribution >= 0.6 is 0 Å². The van der Waals surface area contributed by atoms with Crippen LogP contribution in [0.1, 0.15) is 35.7 Å². The summed E-state index contributed by atoms with van der Waals surface area (Å²) in [5.41, 5.74) is 2.82. The second kappa shape index (κ2) is 5.46. The predicted molar refractivity (Wildman–Crippen MR) is 75.5 cm³/mol. The molecule has 2 aromatic rings. The minimum atomic E-state index is -2.39. The van der Waals surface area contributed by atoms with E-state index in [2.05, 4.69) is 21.6 Å². The van der Waals surface area contributed by atoms with Crippen molar-refractivity contribution in [3.8, 4) is 0 Å². The van der Waals surface area contributed by atoms with Gasteiger partial charge in [0, 0.05) is 36.8 Å². The summed E-state index contributed by atoms with van der Waals surface area (Å²) in [6.45, 7) is 2.01. The summed E-state index contributed by atoms with van der Waals surface area (Å²) in [4.78, 5) is 0. The topological polar surface area (TPSA) is 47.7 Å². The van der Waals surface area contributed by atoms with Crippen LogP contribution < -0.4 is 5.32 Å². The molecule has 1 aliphatic rings.